The first kappa shape index (κ1) is 23.6. The van der Waals surface area contributed by atoms with E-state index in [1.807, 2.05) is 69.3 Å². The van der Waals surface area contributed by atoms with E-state index in [1.165, 1.54) is 0 Å². The van der Waals surface area contributed by atoms with Gasteiger partial charge in [-0.15, -0.1) is 0 Å². The molecule has 0 spiro atoms. The Labute approximate surface area is 200 Å². The zero-order chi connectivity index (χ0) is 24.3. The highest BCUT2D eigenvalue weighted by Gasteiger charge is 2.36. The molecule has 3 N–H and O–H groups in total. The summed E-state index contributed by atoms with van der Waals surface area (Å²) in [6.45, 7) is 5.96. The molecular formula is C27H31N3O4. The van der Waals surface area contributed by atoms with E-state index in [9.17, 15) is 15.0 Å². The molecule has 0 fully saturated rings. The number of nitrogens with one attached hydrogen (secondary N) is 1. The first-order chi connectivity index (χ1) is 16.2. The molecule has 1 aromatic heterocycles. The molecule has 1 aliphatic heterocycles. The number of ether oxygens (including phenoxy) is 1. The first-order valence-electron chi connectivity index (χ1n) is 11.4. The molecule has 34 heavy (non-hydrogen) atoms. The number of nitrogens with zero attached hydrogens (tertiary/aromatic N) is 2. The Morgan fingerprint density at radius 3 is 2.71 bits per heavy atom. The fourth-order valence-corrected chi connectivity index (χ4v) is 4.14. The van der Waals surface area contributed by atoms with E-state index >= 15 is 0 Å². The van der Waals surface area contributed by atoms with Gasteiger partial charge in [0.25, 0.3) is 0 Å². The van der Waals surface area contributed by atoms with Crippen LogP contribution in [-0.2, 0) is 17.7 Å². The van der Waals surface area contributed by atoms with Gasteiger partial charge in [-0.3, -0.25) is 9.88 Å². The SMILES string of the molecule is CC(C)(C)OC(=O)N1Cc2cc(O)ccc2CC1[C@H](O)CNc1cccc(-c2ccccn2)c1. The number of anilines is 1. The molecule has 1 aliphatic rings. The van der Waals surface area contributed by atoms with Gasteiger partial charge in [-0.05, 0) is 74.7 Å². The van der Waals surface area contributed by atoms with Crippen molar-refractivity contribution < 1.29 is 19.7 Å². The summed E-state index contributed by atoms with van der Waals surface area (Å²) >= 11 is 0. The van der Waals surface area contributed by atoms with Gasteiger partial charge in [0.2, 0.25) is 0 Å². The van der Waals surface area contributed by atoms with Crippen LogP contribution in [0, 0.1) is 0 Å². The van der Waals surface area contributed by atoms with Crippen LogP contribution in [0.5, 0.6) is 5.75 Å². The first-order valence-corrected chi connectivity index (χ1v) is 11.4. The minimum absolute atomic E-state index is 0.149. The lowest BCUT2D eigenvalue weighted by Crippen LogP contribution is -2.53. The van der Waals surface area contributed by atoms with Crippen LogP contribution >= 0.6 is 0 Å². The third-order valence-corrected chi connectivity index (χ3v) is 5.77. The van der Waals surface area contributed by atoms with Crippen molar-refractivity contribution in [2.45, 2.75) is 51.5 Å². The van der Waals surface area contributed by atoms with Crippen molar-refractivity contribution >= 4 is 11.8 Å². The molecular weight excluding hydrogens is 430 g/mol. The van der Waals surface area contributed by atoms with Gasteiger partial charge in [0.1, 0.15) is 11.4 Å². The summed E-state index contributed by atoms with van der Waals surface area (Å²) in [5.41, 5.74) is 3.89. The Morgan fingerprint density at radius 1 is 1.15 bits per heavy atom. The minimum Gasteiger partial charge on any atom is -0.508 e. The summed E-state index contributed by atoms with van der Waals surface area (Å²) in [6.07, 6.45) is 0.896. The second-order valence-corrected chi connectivity index (χ2v) is 9.58. The molecule has 1 unspecified atom stereocenters. The van der Waals surface area contributed by atoms with Gasteiger partial charge in [0.15, 0.2) is 0 Å². The van der Waals surface area contributed by atoms with Crippen molar-refractivity contribution in [2.24, 2.45) is 0 Å². The van der Waals surface area contributed by atoms with Crippen LogP contribution in [-0.4, -0.2) is 50.5 Å². The second-order valence-electron chi connectivity index (χ2n) is 9.58. The van der Waals surface area contributed by atoms with E-state index in [-0.39, 0.29) is 18.8 Å². The molecule has 178 valence electrons. The van der Waals surface area contributed by atoms with Gasteiger partial charge in [0, 0.05) is 30.5 Å². The molecule has 3 aromatic rings. The largest absolute Gasteiger partial charge is 0.508 e. The van der Waals surface area contributed by atoms with Crippen molar-refractivity contribution in [3.05, 3.63) is 78.0 Å². The van der Waals surface area contributed by atoms with Crippen LogP contribution < -0.4 is 5.32 Å². The van der Waals surface area contributed by atoms with E-state index in [0.717, 1.165) is 28.1 Å². The highest BCUT2D eigenvalue weighted by molar-refractivity contribution is 5.69. The third kappa shape index (κ3) is 5.66. The number of benzene rings is 2. The second kappa shape index (κ2) is 9.73. The number of rotatable bonds is 5. The molecule has 7 nitrogen and oxygen atoms in total. The third-order valence-electron chi connectivity index (χ3n) is 5.77. The zero-order valence-electron chi connectivity index (χ0n) is 19.7. The summed E-state index contributed by atoms with van der Waals surface area (Å²) in [5.74, 6) is 0.149. The maximum Gasteiger partial charge on any atom is 0.410 e. The Morgan fingerprint density at radius 2 is 1.97 bits per heavy atom. The number of carbonyl (C=O) groups is 1. The monoisotopic (exact) mass is 461 g/mol. The number of amides is 1. The molecule has 0 radical (unpaired) electrons. The summed E-state index contributed by atoms with van der Waals surface area (Å²) < 4.78 is 5.62. The van der Waals surface area contributed by atoms with E-state index in [1.54, 1.807) is 23.2 Å². The van der Waals surface area contributed by atoms with Crippen molar-refractivity contribution in [3.8, 4) is 17.0 Å². The van der Waals surface area contributed by atoms with Crippen LogP contribution in [0.3, 0.4) is 0 Å². The van der Waals surface area contributed by atoms with Crippen molar-refractivity contribution in [1.82, 2.24) is 9.88 Å². The van der Waals surface area contributed by atoms with E-state index < -0.39 is 23.8 Å². The van der Waals surface area contributed by atoms with Gasteiger partial charge >= 0.3 is 6.09 Å². The fourth-order valence-electron chi connectivity index (χ4n) is 4.14. The number of aromatic nitrogens is 1. The van der Waals surface area contributed by atoms with E-state index in [2.05, 4.69) is 10.3 Å². The van der Waals surface area contributed by atoms with Crippen molar-refractivity contribution in [2.75, 3.05) is 11.9 Å². The van der Waals surface area contributed by atoms with Gasteiger partial charge in [-0.2, -0.15) is 0 Å². The summed E-state index contributed by atoms with van der Waals surface area (Å²) in [6, 6.07) is 18.3. The summed E-state index contributed by atoms with van der Waals surface area (Å²) in [4.78, 5) is 19.0. The van der Waals surface area contributed by atoms with Gasteiger partial charge in [-0.25, -0.2) is 4.79 Å². The lowest BCUT2D eigenvalue weighted by atomic mass is 9.91. The maximum atomic E-state index is 13.0. The van der Waals surface area contributed by atoms with Gasteiger partial charge in [-0.1, -0.05) is 24.3 Å². The fraction of sp³-hybridized carbons (Fsp3) is 0.333. The number of hydrogen-bond acceptors (Lipinski definition) is 6. The van der Waals surface area contributed by atoms with Crippen LogP contribution in [0.1, 0.15) is 31.9 Å². The van der Waals surface area contributed by atoms with Crippen molar-refractivity contribution in [3.63, 3.8) is 0 Å². The van der Waals surface area contributed by atoms with Crippen LogP contribution in [0.4, 0.5) is 10.5 Å². The lowest BCUT2D eigenvalue weighted by molar-refractivity contribution is -0.00941. The zero-order valence-corrected chi connectivity index (χ0v) is 19.7. The highest BCUT2D eigenvalue weighted by Crippen LogP contribution is 2.30. The number of phenolic OH excluding ortho intramolecular Hbond substituents is 1. The number of aromatic hydroxyl groups is 1. The Hall–Kier alpha value is -3.58. The lowest BCUT2D eigenvalue weighted by Gasteiger charge is -2.40. The molecule has 7 heteroatoms. The average molecular weight is 462 g/mol. The normalized spacial score (nSPS) is 16.5. The van der Waals surface area contributed by atoms with E-state index in [0.29, 0.717) is 6.42 Å². The van der Waals surface area contributed by atoms with Crippen molar-refractivity contribution in [1.29, 1.82) is 0 Å². The Balaban J connectivity index is 1.51. The molecule has 1 amide bonds. The van der Waals surface area contributed by atoms with Crippen LogP contribution in [0.2, 0.25) is 0 Å². The summed E-state index contributed by atoms with van der Waals surface area (Å²) in [5, 5.41) is 24.3. The molecule has 2 aromatic carbocycles. The number of pyridine rings is 1. The van der Waals surface area contributed by atoms with E-state index in [4.69, 9.17) is 4.74 Å². The predicted octanol–water partition coefficient (Wildman–Crippen LogP) is 4.59. The number of fused-ring (bicyclic) bond motifs is 1. The topological polar surface area (TPSA) is 94.9 Å². The maximum absolute atomic E-state index is 13.0. The smallest absolute Gasteiger partial charge is 0.410 e. The minimum atomic E-state index is -0.840. The Bertz CT molecular complexity index is 1140. The molecule has 0 bridgehead atoms. The van der Waals surface area contributed by atoms with Crippen LogP contribution in [0.15, 0.2) is 66.9 Å². The van der Waals surface area contributed by atoms with Crippen LogP contribution in [0.25, 0.3) is 11.3 Å². The van der Waals surface area contributed by atoms with Gasteiger partial charge < -0.3 is 20.3 Å². The molecule has 0 aliphatic carbocycles. The Kier molecular flexibility index (Phi) is 6.75. The number of hydrogen-bond donors (Lipinski definition) is 3. The number of aliphatic hydroxyl groups excluding tert-OH is 1. The number of aliphatic hydroxyl groups is 1. The van der Waals surface area contributed by atoms with Gasteiger partial charge in [0.05, 0.1) is 17.8 Å². The average Bonchev–Trinajstić information content (AvgIpc) is 2.81. The molecule has 2 heterocycles. The standard InChI is InChI=1S/C27H31N3O4/c1-27(2,3)34-26(33)30-17-20-14-22(31)11-10-18(20)15-24(30)25(32)16-29-21-8-6-7-19(13-21)23-9-4-5-12-28-23/h4-14,24-25,29,31-32H,15-17H2,1-3H3/t24?,25-/m1/s1. The number of phenols is 1. The molecule has 0 saturated carbocycles. The molecule has 4 rings (SSSR count). The highest BCUT2D eigenvalue weighted by atomic mass is 16.6. The molecule has 2 atom stereocenters. The quantitative estimate of drug-likeness (QED) is 0.515. The predicted molar refractivity (Wildman–Crippen MR) is 132 cm³/mol. The molecule has 0 saturated heterocycles. The number of carbonyl (C=O) groups excluding carboxylic acids is 1. The summed E-state index contributed by atoms with van der Waals surface area (Å²) in [7, 11) is 0.